The molecular formula is C39H28BrClN4O5. The Labute approximate surface area is 302 Å². The van der Waals surface area contributed by atoms with E-state index < -0.39 is 40.3 Å². The van der Waals surface area contributed by atoms with Crippen molar-refractivity contribution in [1.29, 1.82) is 10.5 Å². The van der Waals surface area contributed by atoms with Gasteiger partial charge in [-0.25, -0.2) is 9.59 Å². The van der Waals surface area contributed by atoms with Gasteiger partial charge >= 0.3 is 11.9 Å². The van der Waals surface area contributed by atoms with Crippen molar-refractivity contribution in [3.05, 3.63) is 147 Å². The second-order valence-electron chi connectivity index (χ2n) is 11.6. The van der Waals surface area contributed by atoms with Crippen molar-refractivity contribution in [3.8, 4) is 12.1 Å². The SMILES string of the molecule is COC(=O)C1=C(C(=O)OC)[C@]2(C(=O)N(Cc3ccccc3)c3ccccc32)C(C#N)(C#N)[C@H](/C=C/c2cccc(Cl)c2)N1c1ccc(Br)cc1. The molecule has 4 aromatic rings. The highest BCUT2D eigenvalue weighted by Crippen LogP contribution is 2.62. The lowest BCUT2D eigenvalue weighted by molar-refractivity contribution is -0.142. The standard InChI is InChI=1S/C39H28BrClN4O5/c1-49-35(46)33-34(36(47)50-2)45(29-18-16-27(40)17-19-29)32(20-15-25-11-8-12-28(41)21-25)38(23-42,24-43)39(33)30-13-6-7-14-31(30)44(37(39)48)22-26-9-4-3-5-10-26/h3-21,32H,22H2,1-2H3/b20-15+/t32-,39+/m0/s1. The van der Waals surface area contributed by atoms with Gasteiger partial charge in [-0.3, -0.25) is 4.79 Å². The van der Waals surface area contributed by atoms with Crippen molar-refractivity contribution < 1.29 is 23.9 Å². The van der Waals surface area contributed by atoms with Crippen LogP contribution >= 0.6 is 27.5 Å². The molecule has 1 spiro atoms. The van der Waals surface area contributed by atoms with E-state index in [1.165, 1.54) is 9.80 Å². The number of fused-ring (bicyclic) bond motifs is 2. The minimum Gasteiger partial charge on any atom is -0.466 e. The lowest BCUT2D eigenvalue weighted by Gasteiger charge is -2.51. The maximum absolute atomic E-state index is 15.5. The van der Waals surface area contributed by atoms with E-state index in [1.54, 1.807) is 84.9 Å². The molecular weight excluding hydrogens is 720 g/mol. The topological polar surface area (TPSA) is 124 Å². The lowest BCUT2D eigenvalue weighted by Crippen LogP contribution is -2.67. The highest BCUT2D eigenvalue weighted by molar-refractivity contribution is 9.10. The van der Waals surface area contributed by atoms with E-state index >= 15 is 4.79 Å². The van der Waals surface area contributed by atoms with Gasteiger partial charge in [0, 0.05) is 20.9 Å². The van der Waals surface area contributed by atoms with Gasteiger partial charge in [-0.15, -0.1) is 0 Å². The summed E-state index contributed by atoms with van der Waals surface area (Å²) in [6, 6.07) is 32.6. The first-order chi connectivity index (χ1) is 24.2. The highest BCUT2D eigenvalue weighted by atomic mass is 79.9. The average molecular weight is 748 g/mol. The molecule has 2 heterocycles. The summed E-state index contributed by atoms with van der Waals surface area (Å²) in [5.41, 5.74) is -3.32. The van der Waals surface area contributed by atoms with Crippen molar-refractivity contribution >= 4 is 62.8 Å². The molecule has 2 aliphatic heterocycles. The zero-order chi connectivity index (χ0) is 35.6. The molecule has 248 valence electrons. The summed E-state index contributed by atoms with van der Waals surface area (Å²) < 4.78 is 11.3. The van der Waals surface area contributed by atoms with Crippen LogP contribution in [-0.4, -0.2) is 38.1 Å². The summed E-state index contributed by atoms with van der Waals surface area (Å²) in [4.78, 5) is 46.8. The molecule has 0 unspecified atom stereocenters. The fourth-order valence-corrected chi connectivity index (χ4v) is 7.42. The van der Waals surface area contributed by atoms with Crippen LogP contribution in [0.3, 0.4) is 0 Å². The van der Waals surface area contributed by atoms with Gasteiger partial charge in [0.05, 0.1) is 44.5 Å². The first-order valence-corrected chi connectivity index (χ1v) is 16.5. The lowest BCUT2D eigenvalue weighted by atomic mass is 9.52. The Morgan fingerprint density at radius 2 is 1.56 bits per heavy atom. The smallest absolute Gasteiger partial charge is 0.355 e. The largest absolute Gasteiger partial charge is 0.466 e. The summed E-state index contributed by atoms with van der Waals surface area (Å²) in [5.74, 6) is -2.81. The maximum atomic E-state index is 15.5. The molecule has 9 nitrogen and oxygen atoms in total. The predicted molar refractivity (Wildman–Crippen MR) is 191 cm³/mol. The van der Waals surface area contributed by atoms with Crippen molar-refractivity contribution in [2.24, 2.45) is 5.41 Å². The Morgan fingerprint density at radius 3 is 2.20 bits per heavy atom. The number of esters is 2. The molecule has 0 fully saturated rings. The molecule has 0 aromatic heterocycles. The molecule has 0 radical (unpaired) electrons. The Morgan fingerprint density at radius 1 is 0.900 bits per heavy atom. The van der Waals surface area contributed by atoms with Crippen LogP contribution < -0.4 is 9.80 Å². The summed E-state index contributed by atoms with van der Waals surface area (Å²) >= 11 is 9.74. The van der Waals surface area contributed by atoms with Gasteiger partial charge in [-0.1, -0.05) is 100 Å². The molecule has 0 saturated heterocycles. The molecule has 2 atom stereocenters. The maximum Gasteiger partial charge on any atom is 0.355 e. The monoisotopic (exact) mass is 746 g/mol. The molecule has 0 bridgehead atoms. The third kappa shape index (κ3) is 5.25. The molecule has 4 aromatic carbocycles. The quantitative estimate of drug-likeness (QED) is 0.183. The van der Waals surface area contributed by atoms with E-state index in [2.05, 4.69) is 28.1 Å². The van der Waals surface area contributed by atoms with E-state index in [4.69, 9.17) is 21.1 Å². The molecule has 1 amide bonds. The number of amides is 1. The molecule has 6 rings (SSSR count). The van der Waals surface area contributed by atoms with Gasteiger partial charge in [0.2, 0.25) is 5.91 Å². The van der Waals surface area contributed by atoms with Crippen molar-refractivity contribution in [3.63, 3.8) is 0 Å². The van der Waals surface area contributed by atoms with Gasteiger partial charge < -0.3 is 19.3 Å². The van der Waals surface area contributed by atoms with E-state index in [0.29, 0.717) is 26.4 Å². The number of anilines is 2. The predicted octanol–water partition coefficient (Wildman–Crippen LogP) is 7.12. The van der Waals surface area contributed by atoms with Gasteiger partial charge in [0.25, 0.3) is 0 Å². The number of benzene rings is 4. The van der Waals surface area contributed by atoms with E-state index in [1.807, 2.05) is 30.3 Å². The van der Waals surface area contributed by atoms with Crippen molar-refractivity contribution in [1.82, 2.24) is 0 Å². The number of para-hydroxylation sites is 1. The van der Waals surface area contributed by atoms with Gasteiger partial charge in [-0.2, -0.15) is 10.5 Å². The first kappa shape index (κ1) is 34.2. The number of hydrogen-bond donors (Lipinski definition) is 0. The van der Waals surface area contributed by atoms with Crippen LogP contribution in [0.1, 0.15) is 16.7 Å². The summed E-state index contributed by atoms with van der Waals surface area (Å²) in [6.45, 7) is 0.0484. The Bertz CT molecular complexity index is 2140. The fourth-order valence-electron chi connectivity index (χ4n) is 6.96. The first-order valence-electron chi connectivity index (χ1n) is 15.4. The number of ether oxygens (including phenoxy) is 2. The Balaban J connectivity index is 1.79. The molecule has 2 aliphatic rings. The summed E-state index contributed by atoms with van der Waals surface area (Å²) in [6.07, 6.45) is 3.24. The molecule has 0 saturated carbocycles. The molecule has 0 N–H and O–H groups in total. The summed E-state index contributed by atoms with van der Waals surface area (Å²) in [7, 11) is 2.26. The van der Waals surface area contributed by atoms with E-state index in [0.717, 1.165) is 19.8 Å². The number of carbonyl (C=O) groups is 3. The van der Waals surface area contributed by atoms with Gasteiger partial charge in [-0.05, 0) is 59.2 Å². The van der Waals surface area contributed by atoms with Crippen LogP contribution in [0.25, 0.3) is 6.08 Å². The summed E-state index contributed by atoms with van der Waals surface area (Å²) in [5, 5.41) is 23.3. The molecule has 0 aliphatic carbocycles. The van der Waals surface area contributed by atoms with Crippen molar-refractivity contribution in [2.75, 3.05) is 24.0 Å². The number of nitrogens with zero attached hydrogens (tertiary/aromatic N) is 4. The van der Waals surface area contributed by atoms with Crippen LogP contribution in [0.4, 0.5) is 11.4 Å². The van der Waals surface area contributed by atoms with Crippen LogP contribution in [0.15, 0.2) is 125 Å². The minimum atomic E-state index is -2.39. The highest BCUT2D eigenvalue weighted by Gasteiger charge is 2.75. The van der Waals surface area contributed by atoms with Crippen LogP contribution in [0.2, 0.25) is 5.02 Å². The number of rotatable bonds is 7. The number of hydrogen-bond acceptors (Lipinski definition) is 8. The van der Waals surface area contributed by atoms with E-state index in [-0.39, 0.29) is 17.8 Å². The van der Waals surface area contributed by atoms with Crippen LogP contribution in [0, 0.1) is 28.1 Å². The number of methoxy groups -OCH3 is 2. The second kappa shape index (κ2) is 13.7. The normalized spacial score (nSPS) is 19.2. The number of carbonyl (C=O) groups excluding carboxylic acids is 3. The van der Waals surface area contributed by atoms with Crippen LogP contribution in [0.5, 0.6) is 0 Å². The van der Waals surface area contributed by atoms with Gasteiger partial charge in [0.1, 0.15) is 11.1 Å². The third-order valence-corrected chi connectivity index (χ3v) is 9.82. The second-order valence-corrected chi connectivity index (χ2v) is 12.9. The van der Waals surface area contributed by atoms with Gasteiger partial charge in [0.15, 0.2) is 5.41 Å². The fraction of sp³-hybridized carbons (Fsp3) is 0.154. The minimum absolute atomic E-state index is 0.0484. The van der Waals surface area contributed by atoms with E-state index in [9.17, 15) is 20.1 Å². The third-order valence-electron chi connectivity index (χ3n) is 9.06. The number of halogens is 2. The zero-order valence-corrected chi connectivity index (χ0v) is 29.2. The van der Waals surface area contributed by atoms with Crippen LogP contribution in [-0.2, 0) is 35.8 Å². The Hall–Kier alpha value is -5.68. The van der Waals surface area contributed by atoms with Crippen molar-refractivity contribution in [2.45, 2.75) is 18.0 Å². The number of nitriles is 2. The zero-order valence-electron chi connectivity index (χ0n) is 26.8. The Kier molecular flexibility index (Phi) is 9.35. The molecule has 50 heavy (non-hydrogen) atoms. The molecule has 11 heteroatoms. The average Bonchev–Trinajstić information content (AvgIpc) is 3.38.